The maximum Gasteiger partial charge on any atom is 0.340 e. The van der Waals surface area contributed by atoms with Crippen molar-refractivity contribution in [3.8, 4) is 0 Å². The molecule has 0 radical (unpaired) electrons. The summed E-state index contributed by atoms with van der Waals surface area (Å²) in [7, 11) is -3.85. The zero-order valence-corrected chi connectivity index (χ0v) is 17.7. The van der Waals surface area contributed by atoms with E-state index in [9.17, 15) is 18.3 Å². The predicted octanol–water partition coefficient (Wildman–Crippen LogP) is 3.22. The van der Waals surface area contributed by atoms with E-state index in [1.54, 1.807) is 54.6 Å². The van der Waals surface area contributed by atoms with E-state index in [1.165, 1.54) is 0 Å². The van der Waals surface area contributed by atoms with Crippen molar-refractivity contribution >= 4 is 16.0 Å². The molecule has 0 heterocycles. The van der Waals surface area contributed by atoms with Gasteiger partial charge in [-0.15, -0.1) is 0 Å². The molecule has 0 saturated heterocycles. The molecule has 0 saturated carbocycles. The number of carbonyl (C=O) groups excluding carboxylic acids is 1. The van der Waals surface area contributed by atoms with Gasteiger partial charge >= 0.3 is 5.97 Å². The second kappa shape index (κ2) is 8.63. The number of aryl methyl sites for hydroxylation is 1. The summed E-state index contributed by atoms with van der Waals surface area (Å²) in [5, 5.41) is 10.4. The van der Waals surface area contributed by atoms with Crippen LogP contribution in [-0.2, 0) is 26.0 Å². The second-order valence-electron chi connectivity index (χ2n) is 7.60. The van der Waals surface area contributed by atoms with Crippen LogP contribution in [0.15, 0.2) is 83.8 Å². The van der Waals surface area contributed by atoms with Gasteiger partial charge in [-0.25, -0.2) is 13.2 Å². The lowest BCUT2D eigenvalue weighted by Gasteiger charge is -2.23. The molecule has 0 aliphatic heterocycles. The topological polar surface area (TPSA) is 92.7 Å². The number of esters is 1. The molecular weight excluding hydrogens is 414 g/mol. The van der Waals surface area contributed by atoms with E-state index in [0.29, 0.717) is 12.0 Å². The van der Waals surface area contributed by atoms with Crippen LogP contribution in [-0.4, -0.2) is 25.6 Å². The molecule has 3 aromatic carbocycles. The van der Waals surface area contributed by atoms with Gasteiger partial charge in [-0.05, 0) is 35.7 Å². The lowest BCUT2D eigenvalue weighted by atomic mass is 10.1. The monoisotopic (exact) mass is 437 g/mol. The van der Waals surface area contributed by atoms with Gasteiger partial charge in [0.05, 0.1) is 10.9 Å². The highest BCUT2D eigenvalue weighted by molar-refractivity contribution is 7.89. The van der Waals surface area contributed by atoms with E-state index in [2.05, 4.69) is 4.72 Å². The van der Waals surface area contributed by atoms with Gasteiger partial charge in [-0.3, -0.25) is 0 Å². The lowest BCUT2D eigenvalue weighted by molar-refractivity contribution is -0.160. The number of aliphatic hydroxyl groups is 1. The van der Waals surface area contributed by atoms with Crippen molar-refractivity contribution in [3.05, 3.63) is 101 Å². The molecular formula is C24H23NO5S. The van der Waals surface area contributed by atoms with Crippen LogP contribution in [0.4, 0.5) is 0 Å². The van der Waals surface area contributed by atoms with Crippen LogP contribution in [0.2, 0.25) is 0 Å². The van der Waals surface area contributed by atoms with Crippen molar-refractivity contribution in [2.75, 3.05) is 0 Å². The smallest absolute Gasteiger partial charge is 0.340 e. The van der Waals surface area contributed by atoms with Crippen molar-refractivity contribution < 1.29 is 23.1 Å². The highest BCUT2D eigenvalue weighted by Gasteiger charge is 2.39. The molecule has 1 aliphatic rings. The number of carbonyl (C=O) groups is 1. The summed E-state index contributed by atoms with van der Waals surface area (Å²) in [4.78, 5) is 12.8. The molecule has 3 atom stereocenters. The number of fused-ring (bicyclic) bond motifs is 1. The number of benzene rings is 3. The average molecular weight is 438 g/mol. The first kappa shape index (κ1) is 21.2. The second-order valence-corrected chi connectivity index (χ2v) is 9.32. The molecule has 7 heteroatoms. The van der Waals surface area contributed by atoms with Crippen molar-refractivity contribution in [2.45, 2.75) is 36.5 Å². The maximum atomic E-state index is 13.0. The van der Waals surface area contributed by atoms with Crippen molar-refractivity contribution in [2.24, 2.45) is 0 Å². The van der Waals surface area contributed by atoms with Crippen LogP contribution in [0, 0.1) is 6.92 Å². The molecule has 6 nitrogen and oxygen atoms in total. The number of hydrogen-bond acceptors (Lipinski definition) is 5. The summed E-state index contributed by atoms with van der Waals surface area (Å²) >= 11 is 0. The van der Waals surface area contributed by atoms with Crippen molar-refractivity contribution in [1.29, 1.82) is 0 Å². The molecule has 160 valence electrons. The highest BCUT2D eigenvalue weighted by atomic mass is 32.2. The number of ether oxygens (including phenoxy) is 1. The van der Waals surface area contributed by atoms with Gasteiger partial charge in [-0.2, -0.15) is 4.72 Å². The summed E-state index contributed by atoms with van der Waals surface area (Å²) in [6.07, 6.45) is -1.87. The Labute approximate surface area is 181 Å². The van der Waals surface area contributed by atoms with Gasteiger partial charge in [-0.1, -0.05) is 72.3 Å². The Bertz CT molecular complexity index is 1180. The fourth-order valence-electron chi connectivity index (χ4n) is 3.75. The quantitative estimate of drug-likeness (QED) is 0.578. The van der Waals surface area contributed by atoms with E-state index < -0.39 is 34.2 Å². The van der Waals surface area contributed by atoms with Crippen molar-refractivity contribution in [1.82, 2.24) is 4.72 Å². The molecule has 0 amide bonds. The molecule has 4 rings (SSSR count). The minimum Gasteiger partial charge on any atom is -0.458 e. The Morgan fingerprint density at radius 3 is 2.35 bits per heavy atom. The van der Waals surface area contributed by atoms with Crippen LogP contribution in [0.3, 0.4) is 0 Å². The summed E-state index contributed by atoms with van der Waals surface area (Å²) in [6.45, 7) is 1.88. The number of hydrogen-bond donors (Lipinski definition) is 2. The van der Waals surface area contributed by atoms with Crippen LogP contribution in [0.5, 0.6) is 0 Å². The fraction of sp³-hybridized carbons (Fsp3) is 0.208. The third-order valence-corrected chi connectivity index (χ3v) is 6.86. The molecule has 0 aromatic heterocycles. The van der Waals surface area contributed by atoms with Gasteiger partial charge in [0.1, 0.15) is 6.10 Å². The zero-order valence-electron chi connectivity index (χ0n) is 16.9. The van der Waals surface area contributed by atoms with E-state index >= 15 is 0 Å². The minimum atomic E-state index is -3.85. The number of rotatable bonds is 6. The fourth-order valence-corrected chi connectivity index (χ4v) is 4.99. The minimum absolute atomic E-state index is 0.136. The summed E-state index contributed by atoms with van der Waals surface area (Å²) in [5.41, 5.74) is 3.02. The van der Waals surface area contributed by atoms with Crippen LogP contribution < -0.4 is 4.72 Å². The van der Waals surface area contributed by atoms with E-state index in [0.717, 1.165) is 16.7 Å². The average Bonchev–Trinajstić information content (AvgIpc) is 3.10. The third kappa shape index (κ3) is 4.54. The molecule has 0 bridgehead atoms. The van der Waals surface area contributed by atoms with Gasteiger partial charge in [0, 0.05) is 6.42 Å². The highest BCUT2D eigenvalue weighted by Crippen LogP contribution is 2.35. The largest absolute Gasteiger partial charge is 0.458 e. The Balaban J connectivity index is 1.59. The van der Waals surface area contributed by atoms with E-state index in [1.807, 2.05) is 31.2 Å². The van der Waals surface area contributed by atoms with Gasteiger partial charge in [0.25, 0.3) is 0 Å². The summed E-state index contributed by atoms with van der Waals surface area (Å²) in [5.74, 6) is -0.816. The van der Waals surface area contributed by atoms with Crippen LogP contribution >= 0.6 is 0 Å². The molecule has 0 unspecified atom stereocenters. The summed E-state index contributed by atoms with van der Waals surface area (Å²) < 4.78 is 34.3. The predicted molar refractivity (Wildman–Crippen MR) is 116 cm³/mol. The number of nitrogens with one attached hydrogen (secondary N) is 1. The first-order valence-corrected chi connectivity index (χ1v) is 11.4. The van der Waals surface area contributed by atoms with Gasteiger partial charge in [0.2, 0.25) is 10.0 Å². The lowest BCUT2D eigenvalue weighted by Crippen LogP contribution is -2.37. The normalized spacial score (nSPS) is 18.9. The molecule has 0 fully saturated rings. The first-order valence-electron chi connectivity index (χ1n) is 9.95. The molecule has 1 aliphatic carbocycles. The van der Waals surface area contributed by atoms with E-state index in [4.69, 9.17) is 4.74 Å². The molecule has 2 N–H and O–H groups in total. The number of aliphatic hydroxyl groups excluding tert-OH is 1. The SMILES string of the molecule is Cc1ccc(S(=O)(=O)N[C@H]2c3ccccc3C[C@H]2OC(=O)[C@@H](O)c2ccccc2)cc1. The Kier molecular flexibility index (Phi) is 5.91. The summed E-state index contributed by atoms with van der Waals surface area (Å²) in [6, 6.07) is 21.6. The van der Waals surface area contributed by atoms with Gasteiger partial charge < -0.3 is 9.84 Å². The standard InChI is InChI=1S/C24H23NO5S/c1-16-11-13-19(14-12-16)31(28,29)25-22-20-10-6-5-9-18(20)15-21(22)30-24(27)23(26)17-7-3-2-4-8-17/h2-14,21-23,25-26H,15H2,1H3/t21-,22+,23+/m1/s1. The van der Waals surface area contributed by atoms with Crippen LogP contribution in [0.1, 0.15) is 34.4 Å². The van der Waals surface area contributed by atoms with Crippen molar-refractivity contribution in [3.63, 3.8) is 0 Å². The van der Waals surface area contributed by atoms with Gasteiger partial charge in [0.15, 0.2) is 6.10 Å². The first-order chi connectivity index (χ1) is 14.8. The Morgan fingerprint density at radius 1 is 1.00 bits per heavy atom. The molecule has 31 heavy (non-hydrogen) atoms. The van der Waals surface area contributed by atoms with E-state index in [-0.39, 0.29) is 4.90 Å². The zero-order chi connectivity index (χ0) is 22.0. The molecule has 0 spiro atoms. The third-order valence-electron chi connectivity index (χ3n) is 5.40. The Hall–Kier alpha value is -3.00. The number of sulfonamides is 1. The molecule has 3 aromatic rings. The van der Waals surface area contributed by atoms with Crippen LogP contribution in [0.25, 0.3) is 0 Å². The maximum absolute atomic E-state index is 13.0. The Morgan fingerprint density at radius 2 is 1.65 bits per heavy atom.